The molecule has 0 atom stereocenters. The molecule has 0 fully saturated rings. The Balaban J connectivity index is 0.00000576. The molecule has 0 aromatic heterocycles. The van der Waals surface area contributed by atoms with Crippen molar-refractivity contribution in [1.82, 2.24) is 10.6 Å². The van der Waals surface area contributed by atoms with E-state index in [-0.39, 0.29) is 42.0 Å². The Labute approximate surface area is 158 Å². The third-order valence-corrected chi connectivity index (χ3v) is 2.65. The molecule has 0 spiro atoms. The number of ether oxygens (including phenoxy) is 1. The minimum atomic E-state index is -4.84. The summed E-state index contributed by atoms with van der Waals surface area (Å²) in [5, 5.41) is 5.19. The highest BCUT2D eigenvalue weighted by molar-refractivity contribution is 14.0. The van der Waals surface area contributed by atoms with Crippen molar-refractivity contribution in [3.05, 3.63) is 29.8 Å². The molecule has 0 saturated carbocycles. The zero-order valence-electron chi connectivity index (χ0n) is 13.2. The first-order chi connectivity index (χ1) is 11.1. The lowest BCUT2D eigenvalue weighted by atomic mass is 10.2. The van der Waals surface area contributed by atoms with Crippen molar-refractivity contribution in [3.63, 3.8) is 0 Å². The standard InChI is InChI=1S/C14H17F6N3O.HI/c1-2-21-12(22-8-7-13(15,16)17)23-9-10-5-3-4-6-11(10)24-14(18,19)20;/h3-6H,2,7-9H2,1H3,(H2,21,22,23);1H. The van der Waals surface area contributed by atoms with Gasteiger partial charge >= 0.3 is 12.5 Å². The fraction of sp³-hybridized carbons (Fsp3) is 0.500. The number of benzene rings is 1. The summed E-state index contributed by atoms with van der Waals surface area (Å²) in [4.78, 5) is 3.97. The van der Waals surface area contributed by atoms with Crippen LogP contribution in [0.15, 0.2) is 29.3 Å². The molecule has 1 aromatic rings. The molecule has 0 bridgehead atoms. The monoisotopic (exact) mass is 485 g/mol. The molecule has 144 valence electrons. The predicted molar refractivity (Wildman–Crippen MR) is 92.0 cm³/mol. The van der Waals surface area contributed by atoms with E-state index in [0.717, 1.165) is 6.07 Å². The van der Waals surface area contributed by atoms with Crippen LogP contribution in [0.25, 0.3) is 0 Å². The maximum absolute atomic E-state index is 12.3. The van der Waals surface area contributed by atoms with Crippen LogP contribution in [0.2, 0.25) is 0 Å². The van der Waals surface area contributed by atoms with Crippen molar-refractivity contribution in [3.8, 4) is 5.75 Å². The average Bonchev–Trinajstić information content (AvgIpc) is 2.43. The maximum Gasteiger partial charge on any atom is 0.573 e. The number of alkyl halides is 6. The number of aliphatic imine (C=N–C) groups is 1. The molecule has 0 aliphatic heterocycles. The van der Waals surface area contributed by atoms with Gasteiger partial charge in [-0.05, 0) is 13.0 Å². The van der Waals surface area contributed by atoms with Gasteiger partial charge in [0.1, 0.15) is 5.75 Å². The molecule has 25 heavy (non-hydrogen) atoms. The SMILES string of the molecule is CCNC(=NCc1ccccc1OC(F)(F)F)NCCC(F)(F)F.I. The van der Waals surface area contributed by atoms with Crippen LogP contribution in [0.5, 0.6) is 5.75 Å². The van der Waals surface area contributed by atoms with E-state index in [1.54, 1.807) is 6.92 Å². The van der Waals surface area contributed by atoms with Crippen molar-refractivity contribution in [2.24, 2.45) is 4.99 Å². The lowest BCUT2D eigenvalue weighted by Crippen LogP contribution is -2.38. The van der Waals surface area contributed by atoms with Gasteiger partial charge in [0, 0.05) is 18.7 Å². The summed E-state index contributed by atoms with van der Waals surface area (Å²) in [7, 11) is 0. The number of hydrogen-bond donors (Lipinski definition) is 2. The number of halogens is 7. The normalized spacial score (nSPS) is 12.4. The summed E-state index contributed by atoms with van der Waals surface area (Å²) >= 11 is 0. The zero-order chi connectivity index (χ0) is 18.2. The summed E-state index contributed by atoms with van der Waals surface area (Å²) in [6, 6.07) is 5.42. The van der Waals surface area contributed by atoms with Crippen LogP contribution >= 0.6 is 24.0 Å². The van der Waals surface area contributed by atoms with Gasteiger partial charge in [0.2, 0.25) is 0 Å². The number of nitrogens with zero attached hydrogens (tertiary/aromatic N) is 1. The van der Waals surface area contributed by atoms with Gasteiger partial charge < -0.3 is 15.4 Å². The second-order valence-electron chi connectivity index (χ2n) is 4.64. The van der Waals surface area contributed by atoms with Crippen molar-refractivity contribution >= 4 is 29.9 Å². The molecule has 11 heteroatoms. The van der Waals surface area contributed by atoms with E-state index in [9.17, 15) is 26.3 Å². The van der Waals surface area contributed by atoms with Gasteiger partial charge in [0.05, 0.1) is 13.0 Å². The van der Waals surface area contributed by atoms with Crippen LogP contribution in [-0.2, 0) is 6.54 Å². The third-order valence-electron chi connectivity index (χ3n) is 2.65. The maximum atomic E-state index is 12.3. The molecule has 1 aromatic carbocycles. The topological polar surface area (TPSA) is 45.7 Å². The van der Waals surface area contributed by atoms with E-state index in [4.69, 9.17) is 0 Å². The molecule has 4 nitrogen and oxygen atoms in total. The Morgan fingerprint density at radius 3 is 2.28 bits per heavy atom. The summed E-state index contributed by atoms with van der Waals surface area (Å²) in [5.41, 5.74) is 0.155. The molecule has 0 aliphatic carbocycles. The molecule has 0 unspecified atom stereocenters. The van der Waals surface area contributed by atoms with Gasteiger partial charge in [-0.3, -0.25) is 0 Å². The van der Waals surface area contributed by atoms with E-state index < -0.39 is 31.3 Å². The quantitative estimate of drug-likeness (QED) is 0.275. The Bertz CT molecular complexity index is 548. The number of guanidine groups is 1. The number of para-hydroxylation sites is 1. The molecular weight excluding hydrogens is 467 g/mol. The number of hydrogen-bond acceptors (Lipinski definition) is 2. The summed E-state index contributed by atoms with van der Waals surface area (Å²) in [5.74, 6) is -0.330. The lowest BCUT2D eigenvalue weighted by Gasteiger charge is -2.14. The second kappa shape index (κ2) is 10.6. The Morgan fingerprint density at radius 1 is 1.08 bits per heavy atom. The summed E-state index contributed by atoms with van der Waals surface area (Å²) in [6.45, 7) is 1.52. The Hall–Kier alpha value is -1.40. The van der Waals surface area contributed by atoms with Gasteiger partial charge in [-0.2, -0.15) is 13.2 Å². The highest BCUT2D eigenvalue weighted by Crippen LogP contribution is 2.26. The largest absolute Gasteiger partial charge is 0.573 e. The molecule has 0 saturated heterocycles. The minimum absolute atomic E-state index is 0. The molecule has 1 rings (SSSR count). The Morgan fingerprint density at radius 2 is 1.72 bits per heavy atom. The summed E-state index contributed by atoms with van der Waals surface area (Å²) in [6.07, 6.45) is -10.2. The van der Waals surface area contributed by atoms with Crippen LogP contribution in [0, 0.1) is 0 Å². The van der Waals surface area contributed by atoms with E-state index in [1.807, 2.05) is 0 Å². The fourth-order valence-electron chi connectivity index (χ4n) is 1.69. The first-order valence-electron chi connectivity index (χ1n) is 7.03. The zero-order valence-corrected chi connectivity index (χ0v) is 15.5. The highest BCUT2D eigenvalue weighted by atomic mass is 127. The van der Waals surface area contributed by atoms with Crippen LogP contribution in [0.1, 0.15) is 18.9 Å². The molecule has 0 aliphatic rings. The van der Waals surface area contributed by atoms with Gasteiger partial charge in [0.25, 0.3) is 0 Å². The summed E-state index contributed by atoms with van der Waals surface area (Å²) < 4.78 is 77.3. The van der Waals surface area contributed by atoms with Crippen LogP contribution < -0.4 is 15.4 Å². The van der Waals surface area contributed by atoms with Crippen molar-refractivity contribution in [1.29, 1.82) is 0 Å². The van der Waals surface area contributed by atoms with Crippen LogP contribution in [0.4, 0.5) is 26.3 Å². The minimum Gasteiger partial charge on any atom is -0.405 e. The Kier molecular flexibility index (Phi) is 9.97. The van der Waals surface area contributed by atoms with Gasteiger partial charge in [-0.15, -0.1) is 37.1 Å². The smallest absolute Gasteiger partial charge is 0.405 e. The van der Waals surface area contributed by atoms with Crippen LogP contribution in [0.3, 0.4) is 0 Å². The van der Waals surface area contributed by atoms with E-state index in [2.05, 4.69) is 20.4 Å². The van der Waals surface area contributed by atoms with Crippen molar-refractivity contribution in [2.75, 3.05) is 13.1 Å². The molecule has 0 heterocycles. The molecular formula is C14H18F6IN3O. The molecule has 2 N–H and O–H groups in total. The highest BCUT2D eigenvalue weighted by Gasteiger charge is 2.32. The molecule has 0 amide bonds. The van der Waals surface area contributed by atoms with Crippen molar-refractivity contribution in [2.45, 2.75) is 32.4 Å². The van der Waals surface area contributed by atoms with E-state index in [0.29, 0.717) is 6.54 Å². The van der Waals surface area contributed by atoms with E-state index in [1.165, 1.54) is 18.2 Å². The van der Waals surface area contributed by atoms with Gasteiger partial charge in [-0.1, -0.05) is 18.2 Å². The third kappa shape index (κ3) is 10.9. The van der Waals surface area contributed by atoms with Gasteiger partial charge in [-0.25, -0.2) is 4.99 Å². The molecule has 0 radical (unpaired) electrons. The van der Waals surface area contributed by atoms with Gasteiger partial charge in [0.15, 0.2) is 5.96 Å². The first kappa shape index (κ1) is 23.6. The van der Waals surface area contributed by atoms with E-state index >= 15 is 0 Å². The number of nitrogens with one attached hydrogen (secondary N) is 2. The fourth-order valence-corrected chi connectivity index (χ4v) is 1.69. The lowest BCUT2D eigenvalue weighted by molar-refractivity contribution is -0.274. The van der Waals surface area contributed by atoms with Crippen LogP contribution in [-0.4, -0.2) is 31.6 Å². The van der Waals surface area contributed by atoms with Crippen molar-refractivity contribution < 1.29 is 31.1 Å². The predicted octanol–water partition coefficient (Wildman–Crippen LogP) is 4.21. The first-order valence-corrected chi connectivity index (χ1v) is 7.03. The average molecular weight is 485 g/mol. The second-order valence-corrected chi connectivity index (χ2v) is 4.64. The number of rotatable bonds is 6.